The molecule has 0 aromatic carbocycles. The van der Waals surface area contributed by atoms with Gasteiger partial charge in [-0.3, -0.25) is 0 Å². The van der Waals surface area contributed by atoms with Crippen LogP contribution in [0.2, 0.25) is 0 Å². The molecule has 0 unspecified atom stereocenters. The van der Waals surface area contributed by atoms with E-state index < -0.39 is 17.8 Å². The number of aliphatic hydroxyl groups excluding tert-OH is 2. The smallest absolute Gasteiger partial charge is 0.0811 e. The van der Waals surface area contributed by atoms with Gasteiger partial charge in [0.2, 0.25) is 0 Å². The lowest BCUT2D eigenvalue weighted by Gasteiger charge is -2.44. The van der Waals surface area contributed by atoms with Crippen molar-refractivity contribution in [3.63, 3.8) is 0 Å². The van der Waals surface area contributed by atoms with Crippen molar-refractivity contribution in [1.29, 1.82) is 0 Å². The van der Waals surface area contributed by atoms with E-state index in [9.17, 15) is 15.3 Å². The molecule has 0 aliphatic heterocycles. The SMILES string of the molecule is C=C1/C(=C\C=C2/CCC[C@]3(C)[C@@H]([C@H](C)CCCC(O)(CCCC)CCCC)CC[C@@H]23)C[C@@H](O)C[C@@H]1O. The van der Waals surface area contributed by atoms with Crippen molar-refractivity contribution in [3.05, 3.63) is 35.5 Å². The number of aliphatic hydroxyl groups is 3. The van der Waals surface area contributed by atoms with Crippen molar-refractivity contribution < 1.29 is 15.3 Å². The third-order valence-corrected chi connectivity index (χ3v) is 10.3. The number of allylic oxidation sites excluding steroid dienone is 3. The molecule has 0 aromatic rings. The van der Waals surface area contributed by atoms with Crippen LogP contribution in [-0.4, -0.2) is 33.1 Å². The number of hydrogen-bond acceptors (Lipinski definition) is 3. The lowest BCUT2D eigenvalue weighted by molar-refractivity contribution is 0.00520. The highest BCUT2D eigenvalue weighted by Gasteiger charge is 2.50. The van der Waals surface area contributed by atoms with Gasteiger partial charge in [-0.2, -0.15) is 0 Å². The van der Waals surface area contributed by atoms with E-state index in [2.05, 4.69) is 46.4 Å². The fourth-order valence-electron chi connectivity index (χ4n) is 8.02. The van der Waals surface area contributed by atoms with Crippen molar-refractivity contribution in [2.75, 3.05) is 0 Å². The third-order valence-electron chi connectivity index (χ3n) is 10.3. The molecule has 3 saturated carbocycles. The topological polar surface area (TPSA) is 60.7 Å². The van der Waals surface area contributed by atoms with Crippen molar-refractivity contribution in [1.82, 2.24) is 0 Å². The van der Waals surface area contributed by atoms with Crippen molar-refractivity contribution in [3.8, 4) is 0 Å². The van der Waals surface area contributed by atoms with Crippen molar-refractivity contribution in [2.24, 2.45) is 23.2 Å². The number of fused-ring (bicyclic) bond motifs is 1. The summed E-state index contributed by atoms with van der Waals surface area (Å²) in [6.07, 6.45) is 20.6. The lowest BCUT2D eigenvalue weighted by atomic mass is 9.60. The van der Waals surface area contributed by atoms with Crippen LogP contribution >= 0.6 is 0 Å². The van der Waals surface area contributed by atoms with Gasteiger partial charge in [-0.05, 0) is 92.1 Å². The molecule has 3 heteroatoms. The van der Waals surface area contributed by atoms with E-state index >= 15 is 0 Å². The summed E-state index contributed by atoms with van der Waals surface area (Å²) in [5.74, 6) is 2.10. The summed E-state index contributed by atoms with van der Waals surface area (Å²) in [6.45, 7) is 13.6. The average molecular weight is 501 g/mol. The molecule has 3 fully saturated rings. The minimum atomic E-state index is -0.617. The van der Waals surface area contributed by atoms with Gasteiger partial charge in [-0.1, -0.05) is 90.5 Å². The van der Waals surface area contributed by atoms with Crippen LogP contribution in [0.4, 0.5) is 0 Å². The number of unbranched alkanes of at least 4 members (excludes halogenated alkanes) is 2. The molecular weight excluding hydrogens is 444 g/mol. The molecule has 0 heterocycles. The van der Waals surface area contributed by atoms with Crippen LogP contribution in [0, 0.1) is 23.2 Å². The minimum Gasteiger partial charge on any atom is -0.393 e. The van der Waals surface area contributed by atoms with Crippen molar-refractivity contribution in [2.45, 2.75) is 148 Å². The molecule has 3 nitrogen and oxygen atoms in total. The number of rotatable bonds is 12. The van der Waals surface area contributed by atoms with E-state index in [1.807, 2.05) is 0 Å². The Morgan fingerprint density at radius 1 is 1.06 bits per heavy atom. The Balaban J connectivity index is 1.62. The molecule has 0 spiro atoms. The van der Waals surface area contributed by atoms with E-state index in [1.54, 1.807) is 5.57 Å². The predicted molar refractivity (Wildman–Crippen MR) is 152 cm³/mol. The van der Waals surface area contributed by atoms with Crippen LogP contribution in [-0.2, 0) is 0 Å². The van der Waals surface area contributed by atoms with E-state index in [-0.39, 0.29) is 0 Å². The summed E-state index contributed by atoms with van der Waals surface area (Å²) in [5.41, 5.74) is 3.29. The summed E-state index contributed by atoms with van der Waals surface area (Å²) >= 11 is 0. The maximum Gasteiger partial charge on any atom is 0.0811 e. The summed E-state index contributed by atoms with van der Waals surface area (Å²) in [5, 5.41) is 31.6. The zero-order valence-corrected chi connectivity index (χ0v) is 23.9. The fraction of sp³-hybridized carbons (Fsp3) is 0.818. The Kier molecular flexibility index (Phi) is 10.9. The predicted octanol–water partition coefficient (Wildman–Crippen LogP) is 8.05. The van der Waals surface area contributed by atoms with Crippen LogP contribution in [0.5, 0.6) is 0 Å². The molecule has 6 atom stereocenters. The molecule has 3 rings (SSSR count). The standard InChI is InChI=1S/C33H56O3/c1-6-8-19-33(36,20-9-7-2)21-10-12-24(3)29-16-17-30-26(13-11-18-32(29,30)5)14-15-27-22-28(34)23-31(35)25(27)4/h14-15,24,28-31,34-36H,4,6-13,16-23H2,1-3,5H3/b26-14+,27-15-/t24-,28-,29-,30+,31+,32-/m1/s1. The van der Waals surface area contributed by atoms with E-state index in [0.717, 1.165) is 68.4 Å². The van der Waals surface area contributed by atoms with E-state index in [0.29, 0.717) is 30.1 Å². The zero-order valence-electron chi connectivity index (χ0n) is 23.9. The van der Waals surface area contributed by atoms with Crippen molar-refractivity contribution >= 4 is 0 Å². The maximum absolute atomic E-state index is 11.3. The van der Waals surface area contributed by atoms with Crippen LogP contribution < -0.4 is 0 Å². The quantitative estimate of drug-likeness (QED) is 0.254. The first kappa shape index (κ1) is 29.7. The molecule has 3 aliphatic rings. The van der Waals surface area contributed by atoms with Gasteiger partial charge >= 0.3 is 0 Å². The molecule has 0 amide bonds. The van der Waals surface area contributed by atoms with Crippen LogP contribution in [0.1, 0.15) is 130 Å². The van der Waals surface area contributed by atoms with Crippen LogP contribution in [0.3, 0.4) is 0 Å². The Hall–Kier alpha value is -0.900. The lowest BCUT2D eigenvalue weighted by Crippen LogP contribution is -2.36. The Labute approximate surface area is 222 Å². The van der Waals surface area contributed by atoms with E-state index in [1.165, 1.54) is 38.5 Å². The van der Waals surface area contributed by atoms with Gasteiger partial charge < -0.3 is 15.3 Å². The second kappa shape index (κ2) is 13.3. The monoisotopic (exact) mass is 500 g/mol. The van der Waals surface area contributed by atoms with Gasteiger partial charge in [0.1, 0.15) is 0 Å². The van der Waals surface area contributed by atoms with Gasteiger partial charge in [0.15, 0.2) is 0 Å². The molecule has 0 aromatic heterocycles. The zero-order chi connectivity index (χ0) is 26.3. The molecule has 206 valence electrons. The highest BCUT2D eigenvalue weighted by molar-refractivity contribution is 5.38. The summed E-state index contributed by atoms with van der Waals surface area (Å²) in [4.78, 5) is 0. The summed E-state index contributed by atoms with van der Waals surface area (Å²) in [6, 6.07) is 0. The Morgan fingerprint density at radius 2 is 1.72 bits per heavy atom. The van der Waals surface area contributed by atoms with Crippen LogP contribution in [0.25, 0.3) is 0 Å². The first-order chi connectivity index (χ1) is 17.1. The van der Waals surface area contributed by atoms with Gasteiger partial charge in [-0.15, -0.1) is 0 Å². The Bertz CT molecular complexity index is 772. The van der Waals surface area contributed by atoms with Gasteiger partial charge in [0, 0.05) is 6.42 Å². The highest BCUT2D eigenvalue weighted by Crippen LogP contribution is 2.60. The molecule has 0 radical (unpaired) electrons. The minimum absolute atomic E-state index is 0.366. The van der Waals surface area contributed by atoms with E-state index in [4.69, 9.17) is 0 Å². The van der Waals surface area contributed by atoms with Gasteiger partial charge in [0.25, 0.3) is 0 Å². The second-order valence-corrected chi connectivity index (χ2v) is 13.0. The van der Waals surface area contributed by atoms with Crippen LogP contribution in [0.15, 0.2) is 35.5 Å². The average Bonchev–Trinajstić information content (AvgIpc) is 3.20. The molecule has 36 heavy (non-hydrogen) atoms. The molecular formula is C33H56O3. The fourth-order valence-corrected chi connectivity index (χ4v) is 8.02. The molecule has 0 saturated heterocycles. The summed E-state index contributed by atoms with van der Waals surface area (Å²) < 4.78 is 0. The first-order valence-corrected chi connectivity index (χ1v) is 15.3. The largest absolute Gasteiger partial charge is 0.393 e. The van der Waals surface area contributed by atoms with Gasteiger partial charge in [-0.25, -0.2) is 0 Å². The Morgan fingerprint density at radius 3 is 2.39 bits per heavy atom. The normalized spacial score (nSPS) is 34.4. The number of hydrogen-bond donors (Lipinski definition) is 3. The second-order valence-electron chi connectivity index (χ2n) is 13.0. The van der Waals surface area contributed by atoms with Gasteiger partial charge in [0.05, 0.1) is 17.8 Å². The molecule has 0 bridgehead atoms. The maximum atomic E-state index is 11.3. The first-order valence-electron chi connectivity index (χ1n) is 15.3. The third kappa shape index (κ3) is 7.14. The summed E-state index contributed by atoms with van der Waals surface area (Å²) in [7, 11) is 0. The highest BCUT2D eigenvalue weighted by atomic mass is 16.3. The molecule has 3 N–H and O–H groups in total. The molecule has 3 aliphatic carbocycles.